The highest BCUT2D eigenvalue weighted by atomic mass is 16.5. The molecule has 1 aromatic heterocycles. The quantitative estimate of drug-likeness (QED) is 0.0723. The first-order valence-corrected chi connectivity index (χ1v) is 22.0. The van der Waals surface area contributed by atoms with E-state index in [1.165, 1.54) is 44.3 Å². The Morgan fingerprint density at radius 2 is 1.53 bits per heavy atom. The lowest BCUT2D eigenvalue weighted by atomic mass is 9.86. The van der Waals surface area contributed by atoms with Gasteiger partial charge in [0.25, 0.3) is 5.91 Å². The molecule has 4 bridgehead atoms. The topological polar surface area (TPSA) is 354 Å². The van der Waals surface area contributed by atoms with Crippen LogP contribution in [0.25, 0.3) is 22.5 Å². The van der Waals surface area contributed by atoms with Crippen molar-refractivity contribution in [2.24, 2.45) is 17.2 Å². The molecule has 6 atom stereocenters. The van der Waals surface area contributed by atoms with Crippen LogP contribution in [0.5, 0.6) is 17.2 Å². The molecule has 2 heterocycles. The summed E-state index contributed by atoms with van der Waals surface area (Å²) in [5, 5.41) is 50.4. The van der Waals surface area contributed by atoms with Gasteiger partial charge in [-0.2, -0.15) is 0 Å². The Kier molecular flexibility index (Phi) is 17.0. The number of hydrogen-bond acceptors (Lipinski definition) is 16. The molecule has 0 fully saturated rings. The molecule has 0 spiro atoms. The first-order chi connectivity index (χ1) is 32.1. The molecule has 3 unspecified atom stereocenters. The average molecular weight is 943 g/mol. The van der Waals surface area contributed by atoms with E-state index >= 15 is 0 Å². The van der Waals surface area contributed by atoms with Crippen molar-refractivity contribution in [3.05, 3.63) is 82.5 Å². The minimum absolute atomic E-state index is 0.00718. The predicted molar refractivity (Wildman–Crippen MR) is 251 cm³/mol. The molecule has 3 aromatic carbocycles. The van der Waals surface area contributed by atoms with E-state index in [1.807, 2.05) is 24.3 Å². The molecule has 0 saturated carbocycles. The number of aromatic nitrogens is 2. The summed E-state index contributed by atoms with van der Waals surface area (Å²) in [4.78, 5) is 79.4. The van der Waals surface area contributed by atoms with Gasteiger partial charge in [0.1, 0.15) is 66.7 Å². The van der Waals surface area contributed by atoms with Gasteiger partial charge in [-0.25, -0.2) is 14.8 Å². The Balaban J connectivity index is 1.62. The number of nitrogens with two attached hydrogens (primary N) is 4. The van der Waals surface area contributed by atoms with Gasteiger partial charge >= 0.3 is 5.97 Å². The standard InChI is InChI=1S/C47H62N10O11/c1-23-37(40(51)56-41(52-23)26-8-10-28(11-9-26)47(3,4)5)43(62)54-33(13-14-48)45(64)57(6)38-27-17-32(39(60)36(18-27)68-22-30(59)20-50)31-15-25(7-12-35(31)67-21-29(58)19-49)16-34(46(65)66)55-42(61)24(2)53-44(38)63/h7-12,15,17-18,24,29-30,33-34,38,58-60H,13-14,16,19-22,48-50H2,1-6H3,(H,53,63)(H,54,62)(H,55,61)(H,65,66)(H2,51,52,56)/t24-,29?,30?,33?,34-,38-/m0/s1. The van der Waals surface area contributed by atoms with Crippen LogP contribution in [-0.2, 0) is 31.0 Å². The number of anilines is 1. The van der Waals surface area contributed by atoms with Crippen molar-refractivity contribution in [1.82, 2.24) is 30.8 Å². The minimum atomic E-state index is -1.68. The maximum absolute atomic E-state index is 14.8. The number of ether oxygens (including phenoxy) is 2. The van der Waals surface area contributed by atoms with E-state index in [4.69, 9.17) is 32.4 Å². The first kappa shape index (κ1) is 52.1. The Hall–Kier alpha value is -6.91. The Morgan fingerprint density at radius 1 is 0.897 bits per heavy atom. The van der Waals surface area contributed by atoms with Crippen molar-refractivity contribution in [2.75, 3.05) is 45.6 Å². The Labute approximate surface area is 393 Å². The number of aliphatic hydroxyl groups excluding tert-OH is 2. The summed E-state index contributed by atoms with van der Waals surface area (Å²) < 4.78 is 11.8. The van der Waals surface area contributed by atoms with Crippen LogP contribution in [0, 0.1) is 6.92 Å². The largest absolute Gasteiger partial charge is 0.504 e. The van der Waals surface area contributed by atoms with Gasteiger partial charge in [0, 0.05) is 43.2 Å². The monoisotopic (exact) mass is 942 g/mol. The second-order valence-electron chi connectivity index (χ2n) is 17.7. The number of carbonyl (C=O) groups is 5. The number of likely N-dealkylation sites (N-methyl/N-ethyl adjacent to an activating group) is 1. The predicted octanol–water partition coefficient (Wildman–Crippen LogP) is 0.378. The zero-order valence-corrected chi connectivity index (χ0v) is 38.9. The highest BCUT2D eigenvalue weighted by molar-refractivity contribution is 6.02. The summed E-state index contributed by atoms with van der Waals surface area (Å²) in [5.74, 6) is -5.47. The molecule has 21 heteroatoms. The van der Waals surface area contributed by atoms with Gasteiger partial charge in [-0.3, -0.25) is 19.2 Å². The number of hydrogen-bond donors (Lipinski definition) is 11. The molecule has 1 aliphatic heterocycles. The number of phenols is 1. The molecule has 15 N–H and O–H groups in total. The molecule has 4 aromatic rings. The summed E-state index contributed by atoms with van der Waals surface area (Å²) in [6.45, 7) is 7.94. The van der Waals surface area contributed by atoms with Gasteiger partial charge in [-0.15, -0.1) is 0 Å². The zero-order valence-electron chi connectivity index (χ0n) is 38.9. The van der Waals surface area contributed by atoms with E-state index in [9.17, 15) is 44.4 Å². The number of amides is 4. The van der Waals surface area contributed by atoms with E-state index in [0.29, 0.717) is 11.1 Å². The van der Waals surface area contributed by atoms with Gasteiger partial charge in [0.15, 0.2) is 17.3 Å². The number of aliphatic hydroxyl groups is 2. The number of phenolic OH excluding ortho intramolecular Hbond substituents is 1. The lowest BCUT2D eigenvalue weighted by molar-refractivity contribution is -0.143. The number of rotatable bonds is 16. The number of benzene rings is 3. The van der Waals surface area contributed by atoms with Crippen LogP contribution in [-0.4, -0.2) is 135 Å². The summed E-state index contributed by atoms with van der Waals surface area (Å²) in [7, 11) is 1.27. The second-order valence-corrected chi connectivity index (χ2v) is 17.7. The Morgan fingerprint density at radius 3 is 2.10 bits per heavy atom. The number of nitrogens with zero attached hydrogens (tertiary/aromatic N) is 3. The molecule has 366 valence electrons. The molecule has 1 aliphatic rings. The average Bonchev–Trinajstić information content (AvgIpc) is 3.29. The number of carbonyl (C=O) groups excluding carboxylic acids is 4. The number of nitrogen functional groups attached to an aromatic ring is 1. The molecule has 0 radical (unpaired) electrons. The lowest BCUT2D eigenvalue weighted by Gasteiger charge is -2.33. The highest BCUT2D eigenvalue weighted by Crippen LogP contribution is 2.45. The van der Waals surface area contributed by atoms with Crippen molar-refractivity contribution in [3.8, 4) is 39.8 Å². The van der Waals surface area contributed by atoms with Crippen LogP contribution in [0.3, 0.4) is 0 Å². The number of aryl methyl sites for hydroxylation is 1. The third kappa shape index (κ3) is 12.3. The second kappa shape index (κ2) is 22.3. The fraction of sp³-hybridized carbons (Fsp3) is 0.426. The molecule has 4 amide bonds. The first-order valence-electron chi connectivity index (χ1n) is 22.0. The van der Waals surface area contributed by atoms with Crippen molar-refractivity contribution < 1.29 is 53.9 Å². The van der Waals surface area contributed by atoms with Gasteiger partial charge < -0.3 is 73.7 Å². The SMILES string of the molecule is Cc1nc(-c2ccc(C(C)(C)C)cc2)nc(N)c1C(=O)NC(CCN)C(=O)N(C)[C@@H]1C(=O)N[C@@H](C)C(=O)N[C@H](C(=O)O)Cc2ccc(OCC(O)CN)c(c2)-c2cc1cc(OCC(O)CN)c2O. The zero-order chi connectivity index (χ0) is 50.2. The summed E-state index contributed by atoms with van der Waals surface area (Å²) in [6, 6.07) is 8.79. The minimum Gasteiger partial charge on any atom is -0.504 e. The van der Waals surface area contributed by atoms with E-state index in [1.54, 1.807) is 6.92 Å². The summed E-state index contributed by atoms with van der Waals surface area (Å²) >= 11 is 0. The number of aliphatic carboxylic acids is 1. The molecule has 0 aliphatic carbocycles. The molecule has 0 saturated heterocycles. The van der Waals surface area contributed by atoms with Gasteiger partial charge in [-0.05, 0) is 73.2 Å². The maximum Gasteiger partial charge on any atom is 0.326 e. The van der Waals surface area contributed by atoms with Gasteiger partial charge in [-0.1, -0.05) is 51.1 Å². The third-order valence-electron chi connectivity index (χ3n) is 11.4. The molecular formula is C47H62N10O11. The van der Waals surface area contributed by atoms with Crippen LogP contribution >= 0.6 is 0 Å². The van der Waals surface area contributed by atoms with Gasteiger partial charge in [0.05, 0.1) is 5.69 Å². The van der Waals surface area contributed by atoms with Crippen LogP contribution in [0.4, 0.5) is 5.82 Å². The fourth-order valence-corrected chi connectivity index (χ4v) is 7.44. The van der Waals surface area contributed by atoms with Crippen LogP contribution in [0.2, 0.25) is 0 Å². The third-order valence-corrected chi connectivity index (χ3v) is 11.4. The molecule has 5 rings (SSSR count). The van der Waals surface area contributed by atoms with Gasteiger partial charge in [0.2, 0.25) is 17.7 Å². The fourth-order valence-electron chi connectivity index (χ4n) is 7.44. The lowest BCUT2D eigenvalue weighted by Crippen LogP contribution is -2.55. The number of nitrogens with one attached hydrogen (secondary N) is 3. The molecule has 21 nitrogen and oxygen atoms in total. The number of fused-ring (bicyclic) bond motifs is 5. The van der Waals surface area contributed by atoms with E-state index in [2.05, 4.69) is 46.7 Å². The van der Waals surface area contributed by atoms with E-state index in [-0.39, 0.29) is 95.6 Å². The summed E-state index contributed by atoms with van der Waals surface area (Å²) in [5.41, 5.74) is 25.8. The normalized spacial score (nSPS) is 17.7. The van der Waals surface area contributed by atoms with Crippen molar-refractivity contribution >= 4 is 35.4 Å². The van der Waals surface area contributed by atoms with E-state index in [0.717, 1.165) is 10.5 Å². The van der Waals surface area contributed by atoms with Crippen molar-refractivity contribution in [3.63, 3.8) is 0 Å². The number of aromatic hydroxyl groups is 1. The van der Waals surface area contributed by atoms with Crippen LogP contribution in [0.15, 0.2) is 54.6 Å². The molecular weight excluding hydrogens is 881 g/mol. The smallest absolute Gasteiger partial charge is 0.326 e. The number of carboxylic acid groups (broad SMARTS) is 1. The van der Waals surface area contributed by atoms with E-state index < -0.39 is 78.3 Å². The van der Waals surface area contributed by atoms with Crippen LogP contribution in [0.1, 0.15) is 72.9 Å². The van der Waals surface area contributed by atoms with Crippen molar-refractivity contribution in [2.45, 2.75) is 89.3 Å². The Bertz CT molecular complexity index is 2480. The van der Waals surface area contributed by atoms with Crippen LogP contribution < -0.4 is 48.4 Å². The number of carboxylic acids is 1. The maximum atomic E-state index is 14.8. The highest BCUT2D eigenvalue weighted by Gasteiger charge is 2.37. The summed E-state index contributed by atoms with van der Waals surface area (Å²) in [6.07, 6.45) is -2.70. The molecule has 68 heavy (non-hydrogen) atoms. The van der Waals surface area contributed by atoms with Crippen molar-refractivity contribution in [1.29, 1.82) is 0 Å².